The van der Waals surface area contributed by atoms with Gasteiger partial charge in [0.15, 0.2) is 5.76 Å². The number of likely N-dealkylation sites (tertiary alicyclic amines) is 1. The maximum Gasteiger partial charge on any atom is 0.151 e. The van der Waals surface area contributed by atoms with Crippen LogP contribution in [0.2, 0.25) is 0 Å². The van der Waals surface area contributed by atoms with Crippen LogP contribution in [0.15, 0.2) is 40.9 Å². The van der Waals surface area contributed by atoms with Gasteiger partial charge in [0.05, 0.1) is 6.54 Å². The van der Waals surface area contributed by atoms with Crippen LogP contribution in [0.5, 0.6) is 0 Å². The Labute approximate surface area is 126 Å². The van der Waals surface area contributed by atoms with Crippen LogP contribution in [0.4, 0.5) is 0 Å². The molecule has 1 fully saturated rings. The molecular weight excluding hydrogens is 262 g/mol. The summed E-state index contributed by atoms with van der Waals surface area (Å²) >= 11 is 0. The normalized spacial score (nSPS) is 18.8. The van der Waals surface area contributed by atoms with Gasteiger partial charge in [-0.25, -0.2) is 0 Å². The second kappa shape index (κ2) is 6.00. The Morgan fingerprint density at radius 3 is 2.62 bits per heavy atom. The van der Waals surface area contributed by atoms with E-state index in [-0.39, 0.29) is 5.54 Å². The SMILES string of the molecule is CNC1(C)CCN(Cc2cc(-c3ccccc3)no2)CC1. The molecule has 21 heavy (non-hydrogen) atoms. The predicted molar refractivity (Wildman–Crippen MR) is 83.9 cm³/mol. The van der Waals surface area contributed by atoms with Crippen molar-refractivity contribution in [3.05, 3.63) is 42.2 Å². The number of hydrogen-bond acceptors (Lipinski definition) is 4. The average molecular weight is 285 g/mol. The smallest absolute Gasteiger partial charge is 0.151 e. The number of hydrogen-bond donors (Lipinski definition) is 1. The van der Waals surface area contributed by atoms with Crippen LogP contribution in [0.25, 0.3) is 11.3 Å². The van der Waals surface area contributed by atoms with E-state index in [0.29, 0.717) is 0 Å². The molecule has 1 aliphatic rings. The number of piperidine rings is 1. The van der Waals surface area contributed by atoms with Gasteiger partial charge in [-0.05, 0) is 26.8 Å². The highest BCUT2D eigenvalue weighted by molar-refractivity contribution is 5.58. The molecule has 2 heterocycles. The van der Waals surface area contributed by atoms with Gasteiger partial charge in [-0.1, -0.05) is 35.5 Å². The molecular formula is C17H23N3O. The third kappa shape index (κ3) is 3.34. The van der Waals surface area contributed by atoms with E-state index < -0.39 is 0 Å². The molecule has 0 amide bonds. The highest BCUT2D eigenvalue weighted by Crippen LogP contribution is 2.24. The predicted octanol–water partition coefficient (Wildman–Crippen LogP) is 2.92. The fraction of sp³-hybridized carbons (Fsp3) is 0.471. The van der Waals surface area contributed by atoms with Crippen molar-refractivity contribution in [1.29, 1.82) is 0 Å². The summed E-state index contributed by atoms with van der Waals surface area (Å²) in [4.78, 5) is 2.44. The molecule has 4 nitrogen and oxygen atoms in total. The molecule has 4 heteroatoms. The molecule has 0 bridgehead atoms. The number of benzene rings is 1. The zero-order valence-corrected chi connectivity index (χ0v) is 12.8. The standard InChI is InChI=1S/C17H23N3O/c1-17(18-2)8-10-20(11-9-17)13-15-12-16(19-21-15)14-6-4-3-5-7-14/h3-7,12,18H,8-11,13H2,1-2H3. The lowest BCUT2D eigenvalue weighted by Gasteiger charge is -2.38. The summed E-state index contributed by atoms with van der Waals surface area (Å²) < 4.78 is 5.49. The number of aromatic nitrogens is 1. The van der Waals surface area contributed by atoms with Gasteiger partial charge in [0.1, 0.15) is 5.69 Å². The third-order valence-corrected chi connectivity index (χ3v) is 4.57. The average Bonchev–Trinajstić information content (AvgIpc) is 2.99. The Hall–Kier alpha value is -1.65. The lowest BCUT2D eigenvalue weighted by molar-refractivity contribution is 0.135. The molecule has 3 rings (SSSR count). The summed E-state index contributed by atoms with van der Waals surface area (Å²) in [6.45, 7) is 5.34. The van der Waals surface area contributed by atoms with Gasteiger partial charge < -0.3 is 9.84 Å². The van der Waals surface area contributed by atoms with E-state index in [0.717, 1.165) is 36.7 Å². The van der Waals surface area contributed by atoms with Crippen molar-refractivity contribution in [1.82, 2.24) is 15.4 Å². The quantitative estimate of drug-likeness (QED) is 0.938. The van der Waals surface area contributed by atoms with Gasteiger partial charge >= 0.3 is 0 Å². The maximum atomic E-state index is 5.49. The first-order chi connectivity index (χ1) is 10.2. The fourth-order valence-electron chi connectivity index (χ4n) is 2.81. The molecule has 2 aromatic rings. The Morgan fingerprint density at radius 1 is 1.24 bits per heavy atom. The first-order valence-electron chi connectivity index (χ1n) is 7.61. The van der Waals surface area contributed by atoms with Crippen molar-refractivity contribution >= 4 is 0 Å². The lowest BCUT2D eigenvalue weighted by atomic mass is 9.90. The molecule has 1 aliphatic heterocycles. The molecule has 1 aromatic heterocycles. The van der Waals surface area contributed by atoms with Crippen LogP contribution < -0.4 is 5.32 Å². The summed E-state index contributed by atoms with van der Waals surface area (Å²) in [5.41, 5.74) is 2.31. The third-order valence-electron chi connectivity index (χ3n) is 4.57. The van der Waals surface area contributed by atoms with Gasteiger partial charge in [0, 0.05) is 30.3 Å². The van der Waals surface area contributed by atoms with E-state index in [1.165, 1.54) is 12.8 Å². The molecule has 0 unspecified atom stereocenters. The molecule has 0 radical (unpaired) electrons. The maximum absolute atomic E-state index is 5.49. The summed E-state index contributed by atoms with van der Waals surface area (Å²) in [5, 5.41) is 7.61. The molecule has 1 saturated heterocycles. The molecule has 0 spiro atoms. The van der Waals surface area contributed by atoms with Gasteiger partial charge in [-0.3, -0.25) is 4.90 Å². The fourth-order valence-corrected chi connectivity index (χ4v) is 2.81. The molecule has 0 aliphatic carbocycles. The zero-order chi connectivity index (χ0) is 14.7. The lowest BCUT2D eigenvalue weighted by Crippen LogP contribution is -2.49. The van der Waals surface area contributed by atoms with Crippen LogP contribution in [0.3, 0.4) is 0 Å². The topological polar surface area (TPSA) is 41.3 Å². The van der Waals surface area contributed by atoms with Crippen LogP contribution in [-0.4, -0.2) is 35.7 Å². The molecule has 1 aromatic carbocycles. The molecule has 112 valence electrons. The highest BCUT2D eigenvalue weighted by atomic mass is 16.5. The Bertz CT molecular complexity index is 571. The minimum atomic E-state index is 0.285. The van der Waals surface area contributed by atoms with Crippen LogP contribution >= 0.6 is 0 Å². The van der Waals surface area contributed by atoms with E-state index in [4.69, 9.17) is 4.52 Å². The number of nitrogens with one attached hydrogen (secondary N) is 1. The minimum absolute atomic E-state index is 0.285. The highest BCUT2D eigenvalue weighted by Gasteiger charge is 2.28. The van der Waals surface area contributed by atoms with Crippen LogP contribution in [-0.2, 0) is 6.54 Å². The van der Waals surface area contributed by atoms with E-state index in [9.17, 15) is 0 Å². The van der Waals surface area contributed by atoms with E-state index in [2.05, 4.69) is 47.5 Å². The van der Waals surface area contributed by atoms with Crippen LogP contribution in [0.1, 0.15) is 25.5 Å². The van der Waals surface area contributed by atoms with Crippen molar-refractivity contribution in [3.63, 3.8) is 0 Å². The minimum Gasteiger partial charge on any atom is -0.359 e. The van der Waals surface area contributed by atoms with E-state index in [1.807, 2.05) is 18.2 Å². The summed E-state index contributed by atoms with van der Waals surface area (Å²) in [6, 6.07) is 12.2. The summed E-state index contributed by atoms with van der Waals surface area (Å²) in [7, 11) is 2.05. The van der Waals surface area contributed by atoms with Gasteiger partial charge in [0.2, 0.25) is 0 Å². The van der Waals surface area contributed by atoms with Gasteiger partial charge in [-0.2, -0.15) is 0 Å². The Kier molecular flexibility index (Phi) is 4.08. The summed E-state index contributed by atoms with van der Waals surface area (Å²) in [6.07, 6.45) is 2.34. The second-order valence-electron chi connectivity index (χ2n) is 6.13. The first-order valence-corrected chi connectivity index (χ1v) is 7.61. The van der Waals surface area contributed by atoms with Crippen molar-refractivity contribution in [3.8, 4) is 11.3 Å². The zero-order valence-electron chi connectivity index (χ0n) is 12.8. The molecule has 1 N–H and O–H groups in total. The first kappa shape index (κ1) is 14.3. The van der Waals surface area contributed by atoms with Crippen molar-refractivity contribution in [2.24, 2.45) is 0 Å². The largest absolute Gasteiger partial charge is 0.359 e. The van der Waals surface area contributed by atoms with Crippen molar-refractivity contribution in [2.75, 3.05) is 20.1 Å². The summed E-state index contributed by atoms with van der Waals surface area (Å²) in [5.74, 6) is 0.946. The van der Waals surface area contributed by atoms with Crippen molar-refractivity contribution < 1.29 is 4.52 Å². The van der Waals surface area contributed by atoms with E-state index >= 15 is 0 Å². The molecule has 0 saturated carbocycles. The van der Waals surface area contributed by atoms with Crippen molar-refractivity contribution in [2.45, 2.75) is 31.8 Å². The number of nitrogens with zero attached hydrogens (tertiary/aromatic N) is 2. The van der Waals surface area contributed by atoms with Gasteiger partial charge in [0.25, 0.3) is 0 Å². The Morgan fingerprint density at radius 2 is 1.95 bits per heavy atom. The molecule has 0 atom stereocenters. The Balaban J connectivity index is 1.61. The van der Waals surface area contributed by atoms with E-state index in [1.54, 1.807) is 0 Å². The van der Waals surface area contributed by atoms with Gasteiger partial charge in [-0.15, -0.1) is 0 Å². The monoisotopic (exact) mass is 285 g/mol. The second-order valence-corrected chi connectivity index (χ2v) is 6.13. The van der Waals surface area contributed by atoms with Crippen LogP contribution in [0, 0.1) is 0 Å². The number of rotatable bonds is 4.